The van der Waals surface area contributed by atoms with E-state index in [1.54, 1.807) is 0 Å². The normalized spacial score (nSPS) is 10.7. The maximum Gasteiger partial charge on any atom is 0.397 e. The van der Waals surface area contributed by atoms with Crippen LogP contribution in [-0.2, 0) is 29.0 Å². The highest BCUT2D eigenvalue weighted by molar-refractivity contribution is 7.80. The number of hydrogen-bond donors (Lipinski definition) is 1. The standard InChI is InChI=1S/C12H26O4S.C6H9NO3/c1-2-3-4-5-6-7-8-9-10-11-12-16-17(13,14)15;1-4(8)7(5(2)9)6(3)10/h2-12H2,1H3,(H,13,14,15);1-3H3. The molecule has 0 radical (unpaired) electrons. The predicted octanol–water partition coefficient (Wildman–Crippen LogP) is 3.65. The lowest BCUT2D eigenvalue weighted by molar-refractivity contribution is -0.150. The first kappa shape index (κ1) is 27.9. The molecule has 0 heterocycles. The van der Waals surface area contributed by atoms with E-state index in [1.807, 2.05) is 0 Å². The average Bonchev–Trinajstić information content (AvgIpc) is 2.51. The molecule has 0 aromatic heterocycles. The molecule has 0 saturated carbocycles. The highest BCUT2D eigenvalue weighted by Gasteiger charge is 2.17. The Balaban J connectivity index is 0. The minimum Gasteiger partial charge on any atom is -0.274 e. The lowest BCUT2D eigenvalue weighted by atomic mass is 10.1. The van der Waals surface area contributed by atoms with Gasteiger partial charge in [-0.25, -0.2) is 9.08 Å². The van der Waals surface area contributed by atoms with Gasteiger partial charge < -0.3 is 0 Å². The second-order valence-corrected chi connectivity index (χ2v) is 7.42. The SMILES string of the molecule is CC(=O)N(C(C)=O)C(C)=O.CCCCCCCCCCCCOS(=O)(=O)O. The molecule has 0 atom stereocenters. The van der Waals surface area contributed by atoms with Crippen LogP contribution in [0, 0.1) is 0 Å². The molecule has 0 aliphatic carbocycles. The number of carbonyl (C=O) groups excluding carboxylic acids is 3. The van der Waals surface area contributed by atoms with E-state index in [0.717, 1.165) is 12.8 Å². The van der Waals surface area contributed by atoms with E-state index in [4.69, 9.17) is 4.55 Å². The average molecular weight is 410 g/mol. The first-order valence-electron chi connectivity index (χ1n) is 9.46. The Morgan fingerprint density at radius 2 is 1.07 bits per heavy atom. The van der Waals surface area contributed by atoms with Crippen LogP contribution in [0.2, 0.25) is 0 Å². The summed E-state index contributed by atoms with van der Waals surface area (Å²) in [4.78, 5) is 32.1. The molecule has 0 aliphatic rings. The molecule has 0 aliphatic heterocycles. The van der Waals surface area contributed by atoms with E-state index in [2.05, 4.69) is 11.1 Å². The molecule has 8 nitrogen and oxygen atoms in total. The third-order valence-electron chi connectivity index (χ3n) is 3.67. The van der Waals surface area contributed by atoms with E-state index >= 15 is 0 Å². The van der Waals surface area contributed by atoms with Gasteiger partial charge in [0.05, 0.1) is 6.61 Å². The van der Waals surface area contributed by atoms with Gasteiger partial charge in [0.2, 0.25) is 17.7 Å². The summed E-state index contributed by atoms with van der Waals surface area (Å²) >= 11 is 0. The van der Waals surface area contributed by atoms with Crippen LogP contribution in [0.15, 0.2) is 0 Å². The highest BCUT2D eigenvalue weighted by atomic mass is 32.3. The molecular weight excluding hydrogens is 374 g/mol. The van der Waals surface area contributed by atoms with Crippen molar-refractivity contribution in [2.75, 3.05) is 6.61 Å². The Labute approximate surface area is 163 Å². The van der Waals surface area contributed by atoms with Crippen molar-refractivity contribution in [2.24, 2.45) is 0 Å². The van der Waals surface area contributed by atoms with Crippen molar-refractivity contribution >= 4 is 28.1 Å². The first-order valence-corrected chi connectivity index (χ1v) is 10.8. The largest absolute Gasteiger partial charge is 0.397 e. The van der Waals surface area contributed by atoms with E-state index in [0.29, 0.717) is 11.3 Å². The third-order valence-corrected chi connectivity index (χ3v) is 4.14. The molecule has 160 valence electrons. The molecule has 0 fully saturated rings. The van der Waals surface area contributed by atoms with Crippen molar-refractivity contribution in [3.8, 4) is 0 Å². The van der Waals surface area contributed by atoms with Crippen LogP contribution in [0.25, 0.3) is 0 Å². The summed E-state index contributed by atoms with van der Waals surface area (Å²) in [5.41, 5.74) is 0. The van der Waals surface area contributed by atoms with Gasteiger partial charge >= 0.3 is 10.4 Å². The maximum atomic E-state index is 10.5. The summed E-state index contributed by atoms with van der Waals surface area (Å²) in [5.74, 6) is -1.62. The molecule has 0 aromatic carbocycles. The molecular formula is C18H35NO7S. The summed E-state index contributed by atoms with van der Waals surface area (Å²) < 4.78 is 33.0. The number of nitrogens with zero attached hydrogens (tertiary/aromatic N) is 1. The fourth-order valence-corrected chi connectivity index (χ4v) is 2.75. The summed E-state index contributed by atoms with van der Waals surface area (Å²) in [6.07, 6.45) is 11.9. The summed E-state index contributed by atoms with van der Waals surface area (Å²) in [6, 6.07) is 0. The number of unbranched alkanes of at least 4 members (excludes halogenated alkanes) is 9. The zero-order valence-corrected chi connectivity index (χ0v) is 17.8. The molecule has 27 heavy (non-hydrogen) atoms. The Morgan fingerprint density at radius 1 is 0.741 bits per heavy atom. The Bertz CT molecular complexity index is 499. The number of rotatable bonds is 12. The van der Waals surface area contributed by atoms with Crippen LogP contribution in [-0.4, -0.2) is 42.2 Å². The van der Waals surface area contributed by atoms with Crippen molar-refractivity contribution in [1.29, 1.82) is 0 Å². The van der Waals surface area contributed by atoms with Gasteiger partial charge in [0, 0.05) is 20.8 Å². The van der Waals surface area contributed by atoms with Crippen molar-refractivity contribution in [3.05, 3.63) is 0 Å². The molecule has 0 unspecified atom stereocenters. The van der Waals surface area contributed by atoms with Gasteiger partial charge in [-0.3, -0.25) is 18.9 Å². The first-order chi connectivity index (χ1) is 12.5. The second-order valence-electron chi connectivity index (χ2n) is 6.32. The maximum absolute atomic E-state index is 10.5. The van der Waals surface area contributed by atoms with Gasteiger partial charge in [0.1, 0.15) is 0 Å². The van der Waals surface area contributed by atoms with Gasteiger partial charge in [0.15, 0.2) is 0 Å². The Morgan fingerprint density at radius 3 is 1.33 bits per heavy atom. The van der Waals surface area contributed by atoms with Crippen LogP contribution in [0.5, 0.6) is 0 Å². The molecule has 0 bridgehead atoms. The molecule has 3 amide bonds. The molecule has 0 spiro atoms. The zero-order valence-electron chi connectivity index (χ0n) is 17.0. The van der Waals surface area contributed by atoms with Gasteiger partial charge in [-0.1, -0.05) is 64.7 Å². The summed E-state index contributed by atoms with van der Waals surface area (Å²) in [6.45, 7) is 5.82. The van der Waals surface area contributed by atoms with Crippen molar-refractivity contribution in [1.82, 2.24) is 4.90 Å². The monoisotopic (exact) mass is 409 g/mol. The lowest BCUT2D eigenvalue weighted by Crippen LogP contribution is -2.37. The van der Waals surface area contributed by atoms with E-state index in [9.17, 15) is 22.8 Å². The summed E-state index contributed by atoms with van der Waals surface area (Å²) in [7, 11) is -4.23. The quantitative estimate of drug-likeness (QED) is 0.386. The topological polar surface area (TPSA) is 118 Å². The minimum absolute atomic E-state index is 0.0926. The van der Waals surface area contributed by atoms with Crippen LogP contribution >= 0.6 is 0 Å². The van der Waals surface area contributed by atoms with Crippen LogP contribution in [0.3, 0.4) is 0 Å². The van der Waals surface area contributed by atoms with Gasteiger partial charge in [-0.15, -0.1) is 0 Å². The van der Waals surface area contributed by atoms with E-state index in [1.165, 1.54) is 65.7 Å². The van der Waals surface area contributed by atoms with E-state index < -0.39 is 28.1 Å². The van der Waals surface area contributed by atoms with Crippen LogP contribution < -0.4 is 0 Å². The number of imide groups is 3. The third kappa shape index (κ3) is 20.8. The fourth-order valence-electron chi connectivity index (χ4n) is 2.42. The van der Waals surface area contributed by atoms with E-state index in [-0.39, 0.29) is 6.61 Å². The molecule has 0 saturated heterocycles. The molecule has 0 aromatic rings. The van der Waals surface area contributed by atoms with Crippen molar-refractivity contribution in [3.63, 3.8) is 0 Å². The molecule has 1 N–H and O–H groups in total. The highest BCUT2D eigenvalue weighted by Crippen LogP contribution is 2.10. The van der Waals surface area contributed by atoms with Crippen molar-refractivity contribution in [2.45, 2.75) is 91.9 Å². The van der Waals surface area contributed by atoms with Gasteiger partial charge in [-0.2, -0.15) is 8.42 Å². The molecule has 0 rings (SSSR count). The fraction of sp³-hybridized carbons (Fsp3) is 0.833. The zero-order chi connectivity index (χ0) is 21.3. The number of hydrogen-bond acceptors (Lipinski definition) is 6. The Kier molecular flexibility index (Phi) is 17.4. The number of carbonyl (C=O) groups is 3. The van der Waals surface area contributed by atoms with Gasteiger partial charge in [0.25, 0.3) is 0 Å². The second kappa shape index (κ2) is 16.8. The smallest absolute Gasteiger partial charge is 0.274 e. The molecule has 9 heteroatoms. The van der Waals surface area contributed by atoms with Crippen LogP contribution in [0.4, 0.5) is 0 Å². The van der Waals surface area contributed by atoms with Crippen molar-refractivity contribution < 1.29 is 31.5 Å². The summed E-state index contributed by atoms with van der Waals surface area (Å²) in [5, 5.41) is 0. The Hall–Kier alpha value is -1.32. The van der Waals surface area contributed by atoms with Crippen LogP contribution in [0.1, 0.15) is 91.9 Å². The predicted molar refractivity (Wildman–Crippen MR) is 103 cm³/mol. The minimum atomic E-state index is -4.23. The van der Waals surface area contributed by atoms with Gasteiger partial charge in [-0.05, 0) is 6.42 Å². The lowest BCUT2D eigenvalue weighted by Gasteiger charge is -2.10. The number of amides is 3.